The van der Waals surface area contributed by atoms with Crippen LogP contribution in [-0.2, 0) is 14.8 Å². The first kappa shape index (κ1) is 24.2. The zero-order valence-corrected chi connectivity index (χ0v) is 19.6. The van der Waals surface area contributed by atoms with Crippen LogP contribution in [0.3, 0.4) is 0 Å². The highest BCUT2D eigenvalue weighted by Crippen LogP contribution is 2.27. The van der Waals surface area contributed by atoms with E-state index in [0.717, 1.165) is 29.9 Å². The van der Waals surface area contributed by atoms with Crippen LogP contribution in [0.4, 0.5) is 4.39 Å². The Labute approximate surface area is 189 Å². The molecule has 0 radical (unpaired) electrons. The molecule has 3 rings (SSSR count). The highest BCUT2D eigenvalue weighted by Gasteiger charge is 2.33. The quantitative estimate of drug-likeness (QED) is 0.640. The molecule has 0 aromatic heterocycles. The summed E-state index contributed by atoms with van der Waals surface area (Å²) in [5.41, 5.74) is 1.02. The van der Waals surface area contributed by atoms with Gasteiger partial charge >= 0.3 is 0 Å². The van der Waals surface area contributed by atoms with Crippen molar-refractivity contribution in [3.05, 3.63) is 59.9 Å². The normalized spacial score (nSPS) is 16.7. The van der Waals surface area contributed by atoms with Gasteiger partial charge in [0.1, 0.15) is 11.6 Å². The first-order valence-corrected chi connectivity index (χ1v) is 12.3. The molecule has 1 amide bonds. The Bertz CT molecular complexity index is 999. The molecule has 0 bridgehead atoms. The zero-order chi connectivity index (χ0) is 23.3. The molecule has 8 heteroatoms. The second-order valence-electron chi connectivity index (χ2n) is 8.60. The van der Waals surface area contributed by atoms with Gasteiger partial charge in [-0.3, -0.25) is 4.79 Å². The monoisotopic (exact) mass is 462 g/mol. The summed E-state index contributed by atoms with van der Waals surface area (Å²) in [4.78, 5) is 13.1. The number of piperidine rings is 1. The third kappa shape index (κ3) is 5.86. The molecule has 0 spiro atoms. The highest BCUT2D eigenvalue weighted by atomic mass is 32.2. The number of nitrogens with zero attached hydrogens (tertiary/aromatic N) is 1. The summed E-state index contributed by atoms with van der Waals surface area (Å²) in [7, 11) is -2.08. The van der Waals surface area contributed by atoms with Gasteiger partial charge in [-0.1, -0.05) is 26.0 Å². The molecule has 1 N–H and O–H groups in total. The van der Waals surface area contributed by atoms with E-state index in [-0.39, 0.29) is 35.9 Å². The second-order valence-corrected chi connectivity index (χ2v) is 10.5. The lowest BCUT2D eigenvalue weighted by Gasteiger charge is -2.32. The summed E-state index contributed by atoms with van der Waals surface area (Å²) in [6, 6.07) is 12.4. The summed E-state index contributed by atoms with van der Waals surface area (Å²) < 4.78 is 45.3. The van der Waals surface area contributed by atoms with Crippen molar-refractivity contribution in [2.75, 3.05) is 20.2 Å². The molecule has 1 aliphatic rings. The first-order chi connectivity index (χ1) is 15.2. The topological polar surface area (TPSA) is 75.7 Å². The second kappa shape index (κ2) is 10.4. The van der Waals surface area contributed by atoms with Crippen molar-refractivity contribution >= 4 is 15.9 Å². The minimum absolute atomic E-state index is 0.0506. The fourth-order valence-electron chi connectivity index (χ4n) is 3.99. The first-order valence-electron chi connectivity index (χ1n) is 10.9. The van der Waals surface area contributed by atoms with Crippen LogP contribution >= 0.6 is 0 Å². The Morgan fingerprint density at radius 3 is 2.22 bits per heavy atom. The van der Waals surface area contributed by atoms with E-state index in [4.69, 9.17) is 4.74 Å². The number of sulfonamides is 1. The van der Waals surface area contributed by atoms with Gasteiger partial charge in [-0.25, -0.2) is 12.8 Å². The molecule has 1 atom stereocenters. The summed E-state index contributed by atoms with van der Waals surface area (Å²) in [6.45, 7) is 4.74. The number of halogens is 1. The van der Waals surface area contributed by atoms with Gasteiger partial charge in [-0.2, -0.15) is 4.31 Å². The third-order valence-electron chi connectivity index (χ3n) is 5.82. The maximum Gasteiger partial charge on any atom is 0.243 e. The Hall–Kier alpha value is -2.45. The molecule has 0 aliphatic carbocycles. The van der Waals surface area contributed by atoms with Crippen molar-refractivity contribution < 1.29 is 22.3 Å². The summed E-state index contributed by atoms with van der Waals surface area (Å²) in [5.74, 6) is 0.378. The standard InChI is InChI=1S/C24H31FN2O4S/c1-17(2)16-23(18-4-8-21(31-3)9-5-18)26-24(28)19-12-14-27(15-13-19)32(29,30)22-10-6-20(25)7-11-22/h4-11,17,19,23H,12-16H2,1-3H3,(H,26,28)/t23-/m1/s1. The highest BCUT2D eigenvalue weighted by molar-refractivity contribution is 7.89. The SMILES string of the molecule is COc1ccc([C@@H](CC(C)C)NC(=O)C2CCN(S(=O)(=O)c3ccc(F)cc3)CC2)cc1. The number of benzene rings is 2. The largest absolute Gasteiger partial charge is 0.497 e. The molecule has 32 heavy (non-hydrogen) atoms. The molecular weight excluding hydrogens is 431 g/mol. The fourth-order valence-corrected chi connectivity index (χ4v) is 5.46. The van der Waals surface area contributed by atoms with E-state index in [1.165, 1.54) is 16.4 Å². The average molecular weight is 463 g/mol. The lowest BCUT2D eigenvalue weighted by molar-refractivity contribution is -0.127. The maximum atomic E-state index is 13.1. The van der Waals surface area contributed by atoms with E-state index in [0.29, 0.717) is 18.8 Å². The molecule has 6 nitrogen and oxygen atoms in total. The van der Waals surface area contributed by atoms with Crippen molar-refractivity contribution in [2.24, 2.45) is 11.8 Å². The van der Waals surface area contributed by atoms with Gasteiger partial charge in [0, 0.05) is 19.0 Å². The van der Waals surface area contributed by atoms with E-state index >= 15 is 0 Å². The van der Waals surface area contributed by atoms with E-state index in [9.17, 15) is 17.6 Å². The van der Waals surface area contributed by atoms with Crippen molar-refractivity contribution in [1.82, 2.24) is 9.62 Å². The third-order valence-corrected chi connectivity index (χ3v) is 7.73. The van der Waals surface area contributed by atoms with Gasteiger partial charge in [0.2, 0.25) is 15.9 Å². The van der Waals surface area contributed by atoms with Gasteiger partial charge in [0.15, 0.2) is 0 Å². The number of methoxy groups -OCH3 is 1. The van der Waals surface area contributed by atoms with Crippen molar-refractivity contribution in [2.45, 2.75) is 44.0 Å². The fraction of sp³-hybridized carbons (Fsp3) is 0.458. The Morgan fingerprint density at radius 1 is 1.09 bits per heavy atom. The molecule has 2 aromatic carbocycles. The van der Waals surface area contributed by atoms with E-state index in [1.807, 2.05) is 24.3 Å². The molecule has 2 aromatic rings. The zero-order valence-electron chi connectivity index (χ0n) is 18.8. The van der Waals surface area contributed by atoms with Crippen LogP contribution in [0.2, 0.25) is 0 Å². The number of hydrogen-bond donors (Lipinski definition) is 1. The smallest absolute Gasteiger partial charge is 0.243 e. The number of hydrogen-bond acceptors (Lipinski definition) is 4. The van der Waals surface area contributed by atoms with E-state index in [2.05, 4.69) is 19.2 Å². The van der Waals surface area contributed by atoms with Crippen molar-refractivity contribution in [3.8, 4) is 5.75 Å². The number of carbonyl (C=O) groups excluding carboxylic acids is 1. The average Bonchev–Trinajstić information content (AvgIpc) is 2.78. The number of rotatable bonds is 8. The minimum Gasteiger partial charge on any atom is -0.497 e. The van der Waals surface area contributed by atoms with Crippen LogP contribution in [0.5, 0.6) is 5.75 Å². The van der Waals surface area contributed by atoms with Gasteiger partial charge in [-0.15, -0.1) is 0 Å². The summed E-state index contributed by atoms with van der Waals surface area (Å²) >= 11 is 0. The van der Waals surface area contributed by atoms with Gasteiger partial charge in [0.25, 0.3) is 0 Å². The number of ether oxygens (including phenoxy) is 1. The lowest BCUT2D eigenvalue weighted by atomic mass is 9.93. The van der Waals surface area contributed by atoms with Crippen LogP contribution < -0.4 is 10.1 Å². The minimum atomic E-state index is -3.69. The molecule has 1 fully saturated rings. The Balaban J connectivity index is 1.63. The van der Waals surface area contributed by atoms with Crippen LogP contribution in [0.1, 0.15) is 44.7 Å². The predicted octanol–water partition coefficient (Wildman–Crippen LogP) is 4.14. The van der Waals surface area contributed by atoms with Gasteiger partial charge in [0.05, 0.1) is 18.0 Å². The Kier molecular flexibility index (Phi) is 7.90. The summed E-state index contributed by atoms with van der Waals surface area (Å²) in [5, 5.41) is 3.17. The molecule has 1 aliphatic heterocycles. The van der Waals surface area contributed by atoms with E-state index < -0.39 is 15.8 Å². The number of carbonyl (C=O) groups is 1. The molecular formula is C24H31FN2O4S. The number of amides is 1. The van der Waals surface area contributed by atoms with Crippen LogP contribution in [0.25, 0.3) is 0 Å². The molecule has 1 saturated heterocycles. The van der Waals surface area contributed by atoms with Crippen molar-refractivity contribution in [1.29, 1.82) is 0 Å². The molecule has 174 valence electrons. The van der Waals surface area contributed by atoms with Crippen molar-refractivity contribution in [3.63, 3.8) is 0 Å². The van der Waals surface area contributed by atoms with Crippen LogP contribution in [0, 0.1) is 17.7 Å². The van der Waals surface area contributed by atoms with Crippen LogP contribution in [-0.4, -0.2) is 38.8 Å². The lowest BCUT2D eigenvalue weighted by Crippen LogP contribution is -2.43. The van der Waals surface area contributed by atoms with Crippen LogP contribution in [0.15, 0.2) is 53.4 Å². The molecule has 0 saturated carbocycles. The summed E-state index contributed by atoms with van der Waals surface area (Å²) in [6.07, 6.45) is 1.70. The number of nitrogens with one attached hydrogen (secondary N) is 1. The Morgan fingerprint density at radius 2 is 1.69 bits per heavy atom. The van der Waals surface area contributed by atoms with E-state index in [1.54, 1.807) is 7.11 Å². The van der Waals surface area contributed by atoms with Gasteiger partial charge in [-0.05, 0) is 67.1 Å². The predicted molar refractivity (Wildman–Crippen MR) is 121 cm³/mol. The van der Waals surface area contributed by atoms with Gasteiger partial charge < -0.3 is 10.1 Å². The molecule has 1 heterocycles. The molecule has 0 unspecified atom stereocenters. The maximum absolute atomic E-state index is 13.1.